The topological polar surface area (TPSA) is 255 Å². The second-order valence-electron chi connectivity index (χ2n) is 11.6. The summed E-state index contributed by atoms with van der Waals surface area (Å²) in [6.45, 7) is 3.18. The van der Waals surface area contributed by atoms with Crippen molar-refractivity contribution < 1.29 is 32.5 Å². The molecule has 0 saturated carbocycles. The van der Waals surface area contributed by atoms with E-state index >= 15 is 0 Å². The molecule has 20 heteroatoms. The number of rotatable bonds is 14. The second-order valence-corrected chi connectivity index (χ2v) is 12.0. The molecule has 0 unspecified atom stereocenters. The molecule has 0 fully saturated rings. The van der Waals surface area contributed by atoms with Crippen LogP contribution in [0.2, 0.25) is 5.28 Å². The van der Waals surface area contributed by atoms with Crippen LogP contribution in [-0.4, -0.2) is 98.0 Å². The third-order valence-corrected chi connectivity index (χ3v) is 7.84. The van der Waals surface area contributed by atoms with Gasteiger partial charge in [0, 0.05) is 30.1 Å². The Morgan fingerprint density at radius 1 is 0.750 bits per heavy atom. The van der Waals surface area contributed by atoms with Gasteiger partial charge in [-0.25, -0.2) is 14.8 Å². The number of aromatic amines is 2. The second kappa shape index (κ2) is 23.3. The number of fused-ring (bicyclic) bond motifs is 2. The fraction of sp³-hybridized carbons (Fsp3) is 0.361. The molecule has 6 aromatic rings. The lowest BCUT2D eigenvalue weighted by atomic mass is 10.1. The number of aromatic nitrogens is 8. The number of aliphatic carboxylic acids is 1. The highest BCUT2D eigenvalue weighted by Gasteiger charge is 2.38. The summed E-state index contributed by atoms with van der Waals surface area (Å²) in [4.78, 5) is 25.8. The van der Waals surface area contributed by atoms with Crippen LogP contribution in [0.15, 0.2) is 60.9 Å². The highest BCUT2D eigenvalue weighted by atomic mass is 35.5. The molecule has 4 heterocycles. The van der Waals surface area contributed by atoms with E-state index in [1.54, 1.807) is 26.6 Å². The molecule has 0 spiro atoms. The van der Waals surface area contributed by atoms with Crippen LogP contribution in [0.5, 0.6) is 11.5 Å². The number of anilines is 1. The summed E-state index contributed by atoms with van der Waals surface area (Å²) in [5.74, 6) is -0.621. The lowest BCUT2D eigenvalue weighted by Gasteiger charge is -2.06. The number of alkyl halides is 3. The number of carboxylic acid groups (broad SMARTS) is 1. The van der Waals surface area contributed by atoms with E-state index in [4.69, 9.17) is 48.2 Å². The number of nitrogens with two attached hydrogens (primary N) is 3. The number of ether oxygens (including phenoxy) is 2. The van der Waals surface area contributed by atoms with E-state index in [1.165, 1.54) is 6.42 Å². The smallest absolute Gasteiger partial charge is 0.490 e. The minimum Gasteiger partial charge on any atom is -0.496 e. The van der Waals surface area contributed by atoms with Crippen LogP contribution in [-0.2, 0) is 4.79 Å². The van der Waals surface area contributed by atoms with E-state index in [0.29, 0.717) is 17.2 Å². The molecular weight excluding hydrogens is 757 g/mol. The lowest BCUT2D eigenvalue weighted by Crippen LogP contribution is -2.21. The average Bonchev–Trinajstić information content (AvgIpc) is 3.82. The van der Waals surface area contributed by atoms with Crippen LogP contribution in [0.25, 0.3) is 44.6 Å². The van der Waals surface area contributed by atoms with Crippen molar-refractivity contribution in [2.75, 3.05) is 45.7 Å². The predicted molar refractivity (Wildman–Crippen MR) is 209 cm³/mol. The van der Waals surface area contributed by atoms with Crippen molar-refractivity contribution in [3.8, 4) is 34.0 Å². The summed E-state index contributed by atoms with van der Waals surface area (Å²) < 4.78 is 42.5. The molecule has 16 nitrogen and oxygen atoms in total. The zero-order chi connectivity index (χ0) is 40.9. The van der Waals surface area contributed by atoms with Gasteiger partial charge in [-0.3, -0.25) is 10.2 Å². The maximum absolute atomic E-state index is 10.6. The molecule has 0 aliphatic carbocycles. The van der Waals surface area contributed by atoms with Crippen LogP contribution in [0.1, 0.15) is 38.5 Å². The van der Waals surface area contributed by atoms with E-state index in [-0.39, 0.29) is 5.28 Å². The maximum Gasteiger partial charge on any atom is 0.490 e. The van der Waals surface area contributed by atoms with Crippen LogP contribution >= 0.6 is 11.6 Å². The van der Waals surface area contributed by atoms with E-state index in [9.17, 15) is 13.2 Å². The highest BCUT2D eigenvalue weighted by molar-refractivity contribution is 6.28. The minimum absolute atomic E-state index is 0.181. The molecule has 0 aliphatic rings. The number of unbranched alkanes of at least 4 members (excludes halogenated alkanes) is 4. The number of hydrogen-bond donors (Lipinski definition) is 7. The standard InChI is InChI=1S/C17H22N6O.C12H9ClN4O.C5H14N2.C2HF3O2/c1-24-14-8-4-3-7-12(14)15-13-11-20-17(21-16(13)23-22-15)19-10-6-2-5-9-18;1-18-9-5-3-2-4-7(9)10-8-6-14-12(13)15-11(8)17-16-10;6-4-2-1-3-5-7;3-2(4,5)1(6)7/h3-4,7-8,11H,2,5-6,9-10,18H2,1H3,(H2,19,20,21,22,23);2-6H,1H3,(H,14,15,16,17);1-7H2;(H,6,7). The van der Waals surface area contributed by atoms with Crippen molar-refractivity contribution in [3.05, 3.63) is 66.2 Å². The Kier molecular flexibility index (Phi) is 18.6. The SMILES string of the molecule is COc1ccccc1-c1[nH]nc2nc(Cl)ncc12.COc1ccccc1-c1[nH]nc2nc(NCCCCCN)ncc12.NCCCCCN.O=C(O)C(F)(F)F. The number of carbonyl (C=O) groups is 1. The van der Waals surface area contributed by atoms with Crippen LogP contribution in [0, 0.1) is 0 Å². The molecule has 0 atom stereocenters. The van der Waals surface area contributed by atoms with Gasteiger partial charge in [0.15, 0.2) is 11.3 Å². The number of nitrogens with one attached hydrogen (secondary N) is 3. The van der Waals surface area contributed by atoms with Crippen LogP contribution < -0.4 is 32.0 Å². The quantitative estimate of drug-likeness (QED) is 0.0496. The normalized spacial score (nSPS) is 10.7. The maximum atomic E-state index is 10.6. The van der Waals surface area contributed by atoms with Gasteiger partial charge >= 0.3 is 12.1 Å². The van der Waals surface area contributed by atoms with Gasteiger partial charge in [0.05, 0.1) is 36.4 Å². The molecule has 302 valence electrons. The summed E-state index contributed by atoms with van der Waals surface area (Å²) in [5.41, 5.74) is 20.6. The van der Waals surface area contributed by atoms with Gasteiger partial charge in [-0.1, -0.05) is 37.1 Å². The van der Waals surface area contributed by atoms with Gasteiger partial charge in [0.2, 0.25) is 11.2 Å². The van der Waals surface area contributed by atoms with Crippen LogP contribution in [0.3, 0.4) is 0 Å². The van der Waals surface area contributed by atoms with Gasteiger partial charge in [0.25, 0.3) is 0 Å². The van der Waals surface area contributed by atoms with Crippen molar-refractivity contribution in [3.63, 3.8) is 0 Å². The number of benzene rings is 2. The Labute approximate surface area is 325 Å². The number of halogens is 4. The number of para-hydroxylation sites is 2. The van der Waals surface area contributed by atoms with Gasteiger partial charge in [-0.05, 0) is 81.2 Å². The first-order valence-corrected chi connectivity index (χ1v) is 17.8. The first kappa shape index (κ1) is 44.8. The molecule has 0 aliphatic heterocycles. The number of hydrogen-bond acceptors (Lipinski definition) is 13. The third kappa shape index (κ3) is 13.6. The van der Waals surface area contributed by atoms with Crippen molar-refractivity contribution in [1.82, 2.24) is 40.3 Å². The van der Waals surface area contributed by atoms with Gasteiger partial charge in [-0.15, -0.1) is 0 Å². The lowest BCUT2D eigenvalue weighted by molar-refractivity contribution is -0.192. The first-order chi connectivity index (χ1) is 27.0. The summed E-state index contributed by atoms with van der Waals surface area (Å²) in [7, 11) is 3.28. The number of methoxy groups -OCH3 is 2. The molecule has 0 amide bonds. The zero-order valence-electron chi connectivity index (χ0n) is 30.9. The minimum atomic E-state index is -5.08. The monoisotopic (exact) mass is 802 g/mol. The van der Waals surface area contributed by atoms with E-state index in [2.05, 4.69) is 45.6 Å². The molecule has 4 aromatic heterocycles. The van der Waals surface area contributed by atoms with Gasteiger partial charge in [-0.2, -0.15) is 33.3 Å². The molecule has 10 N–H and O–H groups in total. The van der Waals surface area contributed by atoms with E-state index in [0.717, 1.165) is 103 Å². The van der Waals surface area contributed by atoms with Crippen LogP contribution in [0.4, 0.5) is 19.1 Å². The fourth-order valence-electron chi connectivity index (χ4n) is 4.90. The number of nitrogens with zero attached hydrogens (tertiary/aromatic N) is 6. The van der Waals surface area contributed by atoms with E-state index in [1.807, 2.05) is 48.5 Å². The zero-order valence-corrected chi connectivity index (χ0v) is 31.7. The highest BCUT2D eigenvalue weighted by Crippen LogP contribution is 2.33. The van der Waals surface area contributed by atoms with Crippen molar-refractivity contribution in [2.45, 2.75) is 44.7 Å². The van der Waals surface area contributed by atoms with Crippen molar-refractivity contribution >= 4 is 45.6 Å². The van der Waals surface area contributed by atoms with Crippen molar-refractivity contribution in [1.29, 1.82) is 0 Å². The molecule has 0 radical (unpaired) electrons. The van der Waals surface area contributed by atoms with E-state index < -0.39 is 12.1 Å². The van der Waals surface area contributed by atoms with Gasteiger partial charge < -0.3 is 37.1 Å². The molecule has 0 bridgehead atoms. The Bertz CT molecular complexity index is 2080. The summed E-state index contributed by atoms with van der Waals surface area (Å²) in [5, 5.41) is 26.6. The summed E-state index contributed by atoms with van der Waals surface area (Å²) in [6, 6.07) is 15.5. The molecular formula is C36H46ClF3N12O4. The summed E-state index contributed by atoms with van der Waals surface area (Å²) in [6.07, 6.45) is 4.98. The van der Waals surface area contributed by atoms with Crippen molar-refractivity contribution in [2.24, 2.45) is 17.2 Å². The largest absolute Gasteiger partial charge is 0.496 e. The molecule has 6 rings (SSSR count). The Morgan fingerprint density at radius 3 is 1.66 bits per heavy atom. The molecule has 56 heavy (non-hydrogen) atoms. The average molecular weight is 803 g/mol. The summed E-state index contributed by atoms with van der Waals surface area (Å²) >= 11 is 5.73. The Balaban J connectivity index is 0.000000230. The number of H-pyrrole nitrogens is 2. The fourth-order valence-corrected chi connectivity index (χ4v) is 5.02. The first-order valence-electron chi connectivity index (χ1n) is 17.5. The predicted octanol–water partition coefficient (Wildman–Crippen LogP) is 5.96. The number of carboxylic acids is 1. The Hall–Kier alpha value is -5.63. The molecule has 2 aromatic carbocycles. The third-order valence-electron chi connectivity index (χ3n) is 7.66. The van der Waals surface area contributed by atoms with Gasteiger partial charge in [0.1, 0.15) is 11.5 Å². The Morgan fingerprint density at radius 2 is 1.20 bits per heavy atom. The molecule has 0 saturated heterocycles.